The summed E-state index contributed by atoms with van der Waals surface area (Å²) in [6, 6.07) is 24.2. The van der Waals surface area contributed by atoms with Gasteiger partial charge < -0.3 is 14.4 Å². The molecular weight excluding hydrogens is 474 g/mol. The molecule has 1 aromatic heterocycles. The molecule has 0 saturated carbocycles. The number of hydrogen-bond donors (Lipinski definition) is 0. The van der Waals surface area contributed by atoms with Crippen LogP contribution < -0.4 is 9.47 Å². The monoisotopic (exact) mass is 501 g/mol. The molecule has 184 valence electrons. The molecule has 0 aliphatic carbocycles. The Bertz CT molecular complexity index is 1400. The highest BCUT2D eigenvalue weighted by Gasteiger charge is 2.25. The van der Waals surface area contributed by atoms with Gasteiger partial charge in [0.05, 0.1) is 16.8 Å². The SMILES string of the molecule is Cc1ccc(-c2cc(C(=O)N3CCN(Cc4ccc5c(c4)OCO5)CC3)c3ccccc3n2)cc1.Cl. The van der Waals surface area contributed by atoms with Crippen LogP contribution in [0.3, 0.4) is 0 Å². The highest BCUT2D eigenvalue weighted by Crippen LogP contribution is 2.33. The Morgan fingerprint density at radius 3 is 2.44 bits per heavy atom. The molecule has 1 saturated heterocycles. The number of hydrogen-bond acceptors (Lipinski definition) is 5. The molecule has 6 nitrogen and oxygen atoms in total. The van der Waals surface area contributed by atoms with Gasteiger partial charge in [0.2, 0.25) is 6.79 Å². The van der Waals surface area contributed by atoms with Gasteiger partial charge in [0.1, 0.15) is 0 Å². The fraction of sp³-hybridized carbons (Fsp3) is 0.241. The Labute approximate surface area is 216 Å². The average molecular weight is 502 g/mol. The van der Waals surface area contributed by atoms with Crippen molar-refractivity contribution in [2.75, 3.05) is 33.0 Å². The van der Waals surface area contributed by atoms with Crippen LogP contribution in [0.4, 0.5) is 0 Å². The number of piperazine rings is 1. The third kappa shape index (κ3) is 4.74. The number of nitrogens with zero attached hydrogens (tertiary/aromatic N) is 3. The van der Waals surface area contributed by atoms with Crippen molar-refractivity contribution in [3.05, 3.63) is 89.5 Å². The van der Waals surface area contributed by atoms with Crippen LogP contribution in [-0.4, -0.2) is 53.7 Å². The quantitative estimate of drug-likeness (QED) is 0.379. The molecule has 0 unspecified atom stereocenters. The molecular formula is C29H28ClN3O3. The van der Waals surface area contributed by atoms with Crippen molar-refractivity contribution in [1.82, 2.24) is 14.8 Å². The molecule has 1 fully saturated rings. The van der Waals surface area contributed by atoms with Crippen LogP contribution in [-0.2, 0) is 6.54 Å². The Balaban J connectivity index is 0.00000267. The number of pyridine rings is 1. The van der Waals surface area contributed by atoms with Gasteiger partial charge in [0.25, 0.3) is 5.91 Å². The van der Waals surface area contributed by atoms with Gasteiger partial charge >= 0.3 is 0 Å². The number of carbonyl (C=O) groups is 1. The van der Waals surface area contributed by atoms with Crippen molar-refractivity contribution in [3.63, 3.8) is 0 Å². The average Bonchev–Trinajstić information content (AvgIpc) is 3.36. The standard InChI is InChI=1S/C29H27N3O3.ClH/c1-20-6-9-22(10-7-20)26-17-24(23-4-2-3-5-25(23)30-26)29(33)32-14-12-31(13-15-32)18-21-8-11-27-28(16-21)35-19-34-27;/h2-11,16-17H,12-15,18-19H2,1H3;1H. The first kappa shape index (κ1) is 24.1. The van der Waals surface area contributed by atoms with E-state index in [2.05, 4.69) is 48.2 Å². The molecule has 0 radical (unpaired) electrons. The summed E-state index contributed by atoms with van der Waals surface area (Å²) in [6.07, 6.45) is 0. The predicted molar refractivity (Wildman–Crippen MR) is 143 cm³/mol. The van der Waals surface area contributed by atoms with Gasteiger partial charge in [0.15, 0.2) is 11.5 Å². The highest BCUT2D eigenvalue weighted by molar-refractivity contribution is 6.07. The van der Waals surface area contributed by atoms with E-state index in [-0.39, 0.29) is 25.1 Å². The van der Waals surface area contributed by atoms with Gasteiger partial charge in [-0.3, -0.25) is 9.69 Å². The van der Waals surface area contributed by atoms with E-state index < -0.39 is 0 Å². The lowest BCUT2D eigenvalue weighted by Gasteiger charge is -2.35. The largest absolute Gasteiger partial charge is 0.454 e. The van der Waals surface area contributed by atoms with E-state index in [1.54, 1.807) is 0 Å². The van der Waals surface area contributed by atoms with Crippen molar-refractivity contribution >= 4 is 29.2 Å². The summed E-state index contributed by atoms with van der Waals surface area (Å²) >= 11 is 0. The number of carbonyl (C=O) groups excluding carboxylic acids is 1. The molecule has 0 spiro atoms. The molecule has 3 aromatic carbocycles. The second kappa shape index (κ2) is 10.2. The van der Waals surface area contributed by atoms with Crippen molar-refractivity contribution in [1.29, 1.82) is 0 Å². The van der Waals surface area contributed by atoms with E-state index in [1.807, 2.05) is 41.3 Å². The van der Waals surface area contributed by atoms with Crippen LogP contribution in [0.5, 0.6) is 11.5 Å². The third-order valence-corrected chi connectivity index (χ3v) is 6.80. The second-order valence-corrected chi connectivity index (χ2v) is 9.19. The van der Waals surface area contributed by atoms with Crippen molar-refractivity contribution in [3.8, 4) is 22.8 Å². The van der Waals surface area contributed by atoms with Crippen LogP contribution >= 0.6 is 12.4 Å². The van der Waals surface area contributed by atoms with Crippen molar-refractivity contribution in [2.24, 2.45) is 0 Å². The van der Waals surface area contributed by atoms with Crippen LogP contribution in [0, 0.1) is 6.92 Å². The fourth-order valence-corrected chi connectivity index (χ4v) is 4.80. The number of benzene rings is 3. The Morgan fingerprint density at radius 1 is 0.889 bits per heavy atom. The van der Waals surface area contributed by atoms with Gasteiger partial charge in [-0.25, -0.2) is 4.98 Å². The molecule has 0 bridgehead atoms. The summed E-state index contributed by atoms with van der Waals surface area (Å²) in [7, 11) is 0. The first-order chi connectivity index (χ1) is 17.1. The first-order valence-electron chi connectivity index (χ1n) is 12.0. The predicted octanol–water partition coefficient (Wildman–Crippen LogP) is 5.32. The van der Waals surface area contributed by atoms with E-state index in [0.29, 0.717) is 13.1 Å². The minimum absolute atomic E-state index is 0. The molecule has 36 heavy (non-hydrogen) atoms. The van der Waals surface area contributed by atoms with E-state index in [0.717, 1.165) is 58.9 Å². The molecule has 2 aliphatic heterocycles. The molecule has 6 rings (SSSR count). The highest BCUT2D eigenvalue weighted by atomic mass is 35.5. The van der Waals surface area contributed by atoms with Gasteiger partial charge in [-0.2, -0.15) is 0 Å². The number of halogens is 1. The zero-order valence-corrected chi connectivity index (χ0v) is 21.0. The van der Waals surface area contributed by atoms with E-state index in [9.17, 15) is 4.79 Å². The Kier molecular flexibility index (Phi) is 6.81. The number of para-hydroxylation sites is 1. The molecule has 7 heteroatoms. The molecule has 4 aromatic rings. The van der Waals surface area contributed by atoms with E-state index >= 15 is 0 Å². The summed E-state index contributed by atoms with van der Waals surface area (Å²) < 4.78 is 10.9. The lowest BCUT2D eigenvalue weighted by Crippen LogP contribution is -2.48. The number of fused-ring (bicyclic) bond motifs is 2. The van der Waals surface area contributed by atoms with Gasteiger partial charge in [0, 0.05) is 43.7 Å². The van der Waals surface area contributed by atoms with Crippen LogP contribution in [0.25, 0.3) is 22.2 Å². The van der Waals surface area contributed by atoms with Crippen molar-refractivity contribution in [2.45, 2.75) is 13.5 Å². The normalized spacial score (nSPS) is 15.1. The third-order valence-electron chi connectivity index (χ3n) is 6.80. The number of amides is 1. The minimum atomic E-state index is 0. The summed E-state index contributed by atoms with van der Waals surface area (Å²) in [5.41, 5.74) is 5.80. The Hall–Kier alpha value is -3.61. The van der Waals surface area contributed by atoms with E-state index in [1.165, 1.54) is 11.1 Å². The Morgan fingerprint density at radius 2 is 1.64 bits per heavy atom. The van der Waals surface area contributed by atoms with Gasteiger partial charge in [-0.05, 0) is 36.8 Å². The second-order valence-electron chi connectivity index (χ2n) is 9.19. The topological polar surface area (TPSA) is 54.9 Å². The molecule has 3 heterocycles. The maximum Gasteiger partial charge on any atom is 0.254 e. The number of aryl methyl sites for hydroxylation is 1. The molecule has 0 N–H and O–H groups in total. The summed E-state index contributed by atoms with van der Waals surface area (Å²) in [5.74, 6) is 1.68. The van der Waals surface area contributed by atoms with Crippen LogP contribution in [0.2, 0.25) is 0 Å². The maximum atomic E-state index is 13.7. The smallest absolute Gasteiger partial charge is 0.254 e. The zero-order chi connectivity index (χ0) is 23.8. The maximum absolute atomic E-state index is 13.7. The summed E-state index contributed by atoms with van der Waals surface area (Å²) in [6.45, 7) is 6.23. The first-order valence-corrected chi connectivity index (χ1v) is 12.0. The molecule has 0 atom stereocenters. The number of ether oxygens (including phenoxy) is 2. The fourth-order valence-electron chi connectivity index (χ4n) is 4.80. The van der Waals surface area contributed by atoms with E-state index in [4.69, 9.17) is 14.5 Å². The molecule has 2 aliphatic rings. The summed E-state index contributed by atoms with van der Waals surface area (Å²) in [4.78, 5) is 22.9. The lowest BCUT2D eigenvalue weighted by atomic mass is 10.0. The van der Waals surface area contributed by atoms with Gasteiger partial charge in [-0.1, -0.05) is 54.1 Å². The number of aromatic nitrogens is 1. The summed E-state index contributed by atoms with van der Waals surface area (Å²) in [5, 5.41) is 0.899. The van der Waals surface area contributed by atoms with Gasteiger partial charge in [-0.15, -0.1) is 12.4 Å². The minimum Gasteiger partial charge on any atom is -0.454 e. The number of rotatable bonds is 4. The van der Waals surface area contributed by atoms with Crippen LogP contribution in [0.1, 0.15) is 21.5 Å². The van der Waals surface area contributed by atoms with Crippen molar-refractivity contribution < 1.29 is 14.3 Å². The molecule has 1 amide bonds. The lowest BCUT2D eigenvalue weighted by molar-refractivity contribution is 0.0630. The van der Waals surface area contributed by atoms with Crippen LogP contribution in [0.15, 0.2) is 72.8 Å². The zero-order valence-electron chi connectivity index (χ0n) is 20.1.